The van der Waals surface area contributed by atoms with Crippen LogP contribution < -0.4 is 9.93 Å². The van der Waals surface area contributed by atoms with Gasteiger partial charge in [0.15, 0.2) is 0 Å². The highest BCUT2D eigenvalue weighted by Crippen LogP contribution is 2.41. The van der Waals surface area contributed by atoms with Crippen LogP contribution in [0.25, 0.3) is 33.4 Å². The molecular formula is C37H39N4O7+. The Morgan fingerprint density at radius 3 is 2.21 bits per heavy atom. The van der Waals surface area contributed by atoms with E-state index in [0.717, 1.165) is 57.4 Å². The maximum atomic E-state index is 14.1. The van der Waals surface area contributed by atoms with Gasteiger partial charge in [-0.05, 0) is 50.1 Å². The molecular weight excluding hydrogens is 612 g/mol. The number of hydrogen-bond donors (Lipinski definition) is 0. The minimum Gasteiger partial charge on any atom is -0.456 e. The van der Waals surface area contributed by atoms with Crippen LogP contribution >= 0.6 is 0 Å². The topological polar surface area (TPSA) is 120 Å². The number of amides is 4. The second-order valence-electron chi connectivity index (χ2n) is 12.1. The summed E-state index contributed by atoms with van der Waals surface area (Å²) < 4.78 is 8.74. The van der Waals surface area contributed by atoms with Crippen molar-refractivity contribution >= 4 is 40.6 Å². The summed E-state index contributed by atoms with van der Waals surface area (Å²) in [5.41, 5.74) is 5.02. The number of benzene rings is 3. The van der Waals surface area contributed by atoms with Crippen LogP contribution in [0.2, 0.25) is 0 Å². The van der Waals surface area contributed by atoms with Crippen molar-refractivity contribution < 1.29 is 33.2 Å². The van der Waals surface area contributed by atoms with E-state index in [2.05, 4.69) is 36.6 Å². The van der Waals surface area contributed by atoms with Crippen molar-refractivity contribution in [3.8, 4) is 22.5 Å². The van der Waals surface area contributed by atoms with Crippen molar-refractivity contribution in [1.29, 1.82) is 0 Å². The monoisotopic (exact) mass is 651 g/mol. The molecule has 3 heterocycles. The fourth-order valence-electron chi connectivity index (χ4n) is 6.45. The Hall–Kier alpha value is -5.32. The number of nitrogens with zero attached hydrogens (tertiary/aromatic N) is 4. The first-order valence-electron chi connectivity index (χ1n) is 16.5. The summed E-state index contributed by atoms with van der Waals surface area (Å²) in [5, 5.41) is 2.46. The number of fused-ring (bicyclic) bond motifs is 2. The van der Waals surface area contributed by atoms with Gasteiger partial charge in [0.2, 0.25) is 11.3 Å². The Kier molecular flexibility index (Phi) is 9.38. The van der Waals surface area contributed by atoms with Crippen LogP contribution in [0.3, 0.4) is 0 Å². The highest BCUT2D eigenvalue weighted by molar-refractivity contribution is 6.09. The number of rotatable bonds is 8. The van der Waals surface area contributed by atoms with Gasteiger partial charge in [0.1, 0.15) is 24.4 Å². The second-order valence-corrected chi connectivity index (χ2v) is 12.1. The highest BCUT2D eigenvalue weighted by Gasteiger charge is 2.33. The van der Waals surface area contributed by atoms with Crippen molar-refractivity contribution in [2.75, 3.05) is 39.3 Å². The van der Waals surface area contributed by atoms with Gasteiger partial charge in [-0.15, -0.1) is 5.06 Å². The molecule has 0 spiro atoms. The quantitative estimate of drug-likeness (QED) is 0.161. The van der Waals surface area contributed by atoms with E-state index in [9.17, 15) is 24.0 Å². The Morgan fingerprint density at radius 1 is 0.812 bits per heavy atom. The summed E-state index contributed by atoms with van der Waals surface area (Å²) in [7, 11) is 0. The van der Waals surface area contributed by atoms with Gasteiger partial charge < -0.3 is 19.1 Å². The molecule has 0 saturated carbocycles. The van der Waals surface area contributed by atoms with Gasteiger partial charge in [-0.2, -0.15) is 0 Å². The van der Waals surface area contributed by atoms with Gasteiger partial charge in [0.25, 0.3) is 17.7 Å². The van der Waals surface area contributed by atoms with E-state index in [-0.39, 0.29) is 37.5 Å². The molecule has 0 unspecified atom stereocenters. The molecule has 1 aliphatic carbocycles. The van der Waals surface area contributed by atoms with E-state index < -0.39 is 17.8 Å². The average Bonchev–Trinajstić information content (AvgIpc) is 3.41. The fourth-order valence-corrected chi connectivity index (χ4v) is 6.45. The Labute approximate surface area is 278 Å². The molecule has 248 valence electrons. The maximum absolute atomic E-state index is 14.1. The van der Waals surface area contributed by atoms with E-state index in [1.54, 1.807) is 9.80 Å². The lowest BCUT2D eigenvalue weighted by atomic mass is 9.90. The first kappa shape index (κ1) is 32.6. The molecule has 11 heteroatoms. The maximum Gasteiger partial charge on any atom is 0.333 e. The summed E-state index contributed by atoms with van der Waals surface area (Å²) >= 11 is 0. The molecule has 3 aliphatic heterocycles. The van der Waals surface area contributed by atoms with E-state index >= 15 is 0 Å². The smallest absolute Gasteiger partial charge is 0.333 e. The van der Waals surface area contributed by atoms with Crippen molar-refractivity contribution in [2.24, 2.45) is 0 Å². The van der Waals surface area contributed by atoms with Gasteiger partial charge in [0, 0.05) is 73.6 Å². The summed E-state index contributed by atoms with van der Waals surface area (Å²) in [6.45, 7) is 9.30. The number of piperazine rings is 1. The van der Waals surface area contributed by atoms with Crippen LogP contribution in [0.4, 0.5) is 0 Å². The molecule has 2 aromatic rings. The van der Waals surface area contributed by atoms with Crippen LogP contribution in [0.1, 0.15) is 55.5 Å². The zero-order valence-electron chi connectivity index (χ0n) is 27.5. The largest absolute Gasteiger partial charge is 0.456 e. The van der Waals surface area contributed by atoms with E-state index in [0.29, 0.717) is 36.8 Å². The Balaban J connectivity index is 1.22. The van der Waals surface area contributed by atoms with Gasteiger partial charge in [0.05, 0.1) is 12.5 Å². The van der Waals surface area contributed by atoms with Crippen LogP contribution in [-0.2, 0) is 24.0 Å². The molecule has 2 fully saturated rings. The predicted octanol–water partition coefficient (Wildman–Crippen LogP) is 4.00. The van der Waals surface area contributed by atoms with Crippen LogP contribution in [-0.4, -0.2) is 83.7 Å². The summed E-state index contributed by atoms with van der Waals surface area (Å²) in [6, 6.07) is 20.0. The number of carbonyl (C=O) groups excluding carboxylic acids is 5. The van der Waals surface area contributed by atoms with Crippen molar-refractivity contribution in [2.45, 2.75) is 46.5 Å². The fraction of sp³-hybridized carbons (Fsp3) is 0.351. The molecule has 2 aromatic carbocycles. The molecule has 4 amide bonds. The normalized spacial score (nSPS) is 15.0. The zero-order valence-corrected chi connectivity index (χ0v) is 27.5. The number of carbonyl (C=O) groups is 5. The van der Waals surface area contributed by atoms with E-state index in [4.69, 9.17) is 9.25 Å². The minimum absolute atomic E-state index is 0.00431. The predicted molar refractivity (Wildman–Crippen MR) is 178 cm³/mol. The number of hydroxylamine groups is 2. The van der Waals surface area contributed by atoms with Gasteiger partial charge in [-0.3, -0.25) is 19.2 Å². The molecule has 0 aromatic heterocycles. The van der Waals surface area contributed by atoms with Gasteiger partial charge >= 0.3 is 5.97 Å². The summed E-state index contributed by atoms with van der Waals surface area (Å²) in [4.78, 5) is 70.8. The van der Waals surface area contributed by atoms with Crippen LogP contribution in [0.5, 0.6) is 0 Å². The van der Waals surface area contributed by atoms with Crippen molar-refractivity contribution in [1.82, 2.24) is 19.4 Å². The molecule has 11 nitrogen and oxygen atoms in total. The first-order chi connectivity index (χ1) is 23.2. The first-order valence-corrected chi connectivity index (χ1v) is 16.5. The zero-order chi connectivity index (χ0) is 33.9. The molecule has 4 aliphatic rings. The van der Waals surface area contributed by atoms with Gasteiger partial charge in [-0.25, -0.2) is 9.37 Å². The van der Waals surface area contributed by atoms with Crippen molar-refractivity contribution in [3.05, 3.63) is 77.1 Å². The molecule has 6 rings (SSSR count). The third-order valence-electron chi connectivity index (χ3n) is 9.08. The second kappa shape index (κ2) is 13.8. The minimum atomic E-state index is -0.814. The molecule has 0 N–H and O–H groups in total. The highest BCUT2D eigenvalue weighted by atomic mass is 16.7. The summed E-state index contributed by atoms with van der Waals surface area (Å²) in [5.74, 6) is -1.59. The molecule has 0 bridgehead atoms. The van der Waals surface area contributed by atoms with Gasteiger partial charge in [-0.1, -0.05) is 30.3 Å². The third-order valence-corrected chi connectivity index (χ3v) is 9.08. The molecule has 2 saturated heterocycles. The lowest BCUT2D eigenvalue weighted by Crippen LogP contribution is -2.50. The third kappa shape index (κ3) is 6.45. The molecule has 48 heavy (non-hydrogen) atoms. The lowest BCUT2D eigenvalue weighted by molar-refractivity contribution is -0.197. The van der Waals surface area contributed by atoms with E-state index in [1.807, 2.05) is 49.4 Å². The molecule has 0 atom stereocenters. The number of imide groups is 1. The van der Waals surface area contributed by atoms with E-state index in [1.165, 1.54) is 0 Å². The lowest BCUT2D eigenvalue weighted by Gasteiger charge is -2.35. The number of hydrogen-bond acceptors (Lipinski definition) is 7. The number of aryl methyl sites for hydroxylation is 1. The Bertz CT molecular complexity index is 1950. The average molecular weight is 652 g/mol. The SMILES string of the molecule is CC[N+](CC)=c1ccc2c(-c3ccccc3C(=O)N3CCN(C(=O)CCC(=O)ON4C(=O)CCC4=O)CC3)c3ccc(C)cc3oc-2c1. The summed E-state index contributed by atoms with van der Waals surface area (Å²) in [6.07, 6.45) is -0.376. The van der Waals surface area contributed by atoms with Crippen LogP contribution in [0.15, 0.2) is 65.1 Å². The Morgan fingerprint density at radius 2 is 1.50 bits per heavy atom. The van der Waals surface area contributed by atoms with Crippen molar-refractivity contribution in [3.63, 3.8) is 0 Å². The standard InChI is InChI=1S/C37H39N4O7/c1-4-38(5-2)25-11-13-29-31(23-25)47-30-22-24(3)10-12-28(30)36(29)26-8-6-7-9-27(26)37(46)40-20-18-39(19-21-40)32(42)16-17-35(45)48-41-33(43)14-15-34(41)44/h6-13,22-23H,4-5,14-21H2,1-3H3/q+1. The van der Waals surface area contributed by atoms with Crippen LogP contribution in [0, 0.1) is 6.92 Å². The molecule has 0 radical (unpaired) electrons.